The summed E-state index contributed by atoms with van der Waals surface area (Å²) in [5.74, 6) is -0.696. The predicted octanol–water partition coefficient (Wildman–Crippen LogP) is 3.58. The van der Waals surface area contributed by atoms with Crippen LogP contribution in [0.25, 0.3) is 5.69 Å². The fourth-order valence-electron chi connectivity index (χ4n) is 4.75. The van der Waals surface area contributed by atoms with Crippen molar-refractivity contribution in [2.45, 2.75) is 37.1 Å². The number of benzene rings is 1. The number of rotatable bonds is 3. The van der Waals surface area contributed by atoms with E-state index in [1.54, 1.807) is 6.92 Å². The molecule has 1 saturated heterocycles. The number of fused-ring (bicyclic) bond motifs is 5. The molecule has 0 spiro atoms. The van der Waals surface area contributed by atoms with Gasteiger partial charge >= 0.3 is 6.18 Å². The monoisotopic (exact) mass is 407 g/mol. The van der Waals surface area contributed by atoms with Crippen LogP contribution in [-0.2, 0) is 22.1 Å². The fourth-order valence-corrected chi connectivity index (χ4v) is 4.75. The molecule has 4 rings (SSSR count). The van der Waals surface area contributed by atoms with Crippen molar-refractivity contribution in [1.82, 2.24) is 9.47 Å². The second kappa shape index (κ2) is 5.90. The Labute approximate surface area is 165 Å². The second-order valence-corrected chi connectivity index (χ2v) is 8.14. The van der Waals surface area contributed by atoms with Gasteiger partial charge in [-0.25, -0.2) is 0 Å². The first-order valence-corrected chi connectivity index (χ1v) is 9.08. The SMILES string of the molecule is CN(C)CC12CCC(C)(O1)c1c2c(O)n(-c2ccc(C#N)c(C(F)(F)F)c2)c1O. The zero-order valence-corrected chi connectivity index (χ0v) is 16.1. The van der Waals surface area contributed by atoms with E-state index >= 15 is 0 Å². The summed E-state index contributed by atoms with van der Waals surface area (Å²) in [5.41, 5.74) is -2.60. The second-order valence-electron chi connectivity index (χ2n) is 8.14. The highest BCUT2D eigenvalue weighted by molar-refractivity contribution is 5.62. The van der Waals surface area contributed by atoms with Crippen LogP contribution in [0.15, 0.2) is 18.2 Å². The predicted molar refractivity (Wildman–Crippen MR) is 96.7 cm³/mol. The Morgan fingerprint density at radius 2 is 1.86 bits per heavy atom. The molecule has 6 nitrogen and oxygen atoms in total. The van der Waals surface area contributed by atoms with Gasteiger partial charge in [-0.2, -0.15) is 18.4 Å². The lowest BCUT2D eigenvalue weighted by Gasteiger charge is -2.29. The van der Waals surface area contributed by atoms with Crippen molar-refractivity contribution in [1.29, 1.82) is 5.26 Å². The minimum Gasteiger partial charge on any atom is -0.494 e. The van der Waals surface area contributed by atoms with E-state index in [0.717, 1.165) is 16.7 Å². The molecule has 9 heteroatoms. The minimum absolute atomic E-state index is 0.0799. The number of ether oxygens (including phenoxy) is 1. The lowest BCUT2D eigenvalue weighted by atomic mass is 9.79. The van der Waals surface area contributed by atoms with Gasteiger partial charge in [0.15, 0.2) is 0 Å². The lowest BCUT2D eigenvalue weighted by Crippen LogP contribution is -2.35. The van der Waals surface area contributed by atoms with Gasteiger partial charge in [-0.3, -0.25) is 4.57 Å². The van der Waals surface area contributed by atoms with Crippen molar-refractivity contribution in [3.63, 3.8) is 0 Å². The van der Waals surface area contributed by atoms with Crippen LogP contribution < -0.4 is 0 Å². The largest absolute Gasteiger partial charge is 0.494 e. The van der Waals surface area contributed by atoms with Crippen LogP contribution >= 0.6 is 0 Å². The van der Waals surface area contributed by atoms with Gasteiger partial charge in [0.2, 0.25) is 11.8 Å². The first-order chi connectivity index (χ1) is 13.4. The molecule has 2 aliphatic rings. The van der Waals surface area contributed by atoms with E-state index in [9.17, 15) is 23.4 Å². The highest BCUT2D eigenvalue weighted by Crippen LogP contribution is 2.64. The molecule has 0 amide bonds. The number of nitrogens with zero attached hydrogens (tertiary/aromatic N) is 3. The summed E-state index contributed by atoms with van der Waals surface area (Å²) < 4.78 is 47.4. The molecule has 154 valence electrons. The van der Waals surface area contributed by atoms with Crippen LogP contribution in [-0.4, -0.2) is 40.3 Å². The van der Waals surface area contributed by atoms with Gasteiger partial charge in [-0.15, -0.1) is 0 Å². The number of nitriles is 1. The Morgan fingerprint density at radius 3 is 2.45 bits per heavy atom. The Morgan fingerprint density at radius 1 is 1.21 bits per heavy atom. The standard InChI is InChI=1S/C20H20F3N3O3/c1-18-6-7-19(29-18,10-25(2)3)15-14(18)16(27)26(17(15)28)12-5-4-11(9-24)13(8-12)20(21,22)23/h4-5,8,27-28H,6-7,10H2,1-3H3. The average Bonchev–Trinajstić information content (AvgIpc) is 3.18. The van der Waals surface area contributed by atoms with E-state index in [1.807, 2.05) is 19.0 Å². The summed E-state index contributed by atoms with van der Waals surface area (Å²) >= 11 is 0. The molecule has 3 heterocycles. The molecule has 2 unspecified atom stereocenters. The molecule has 0 saturated carbocycles. The van der Waals surface area contributed by atoms with Crippen molar-refractivity contribution in [2.24, 2.45) is 0 Å². The summed E-state index contributed by atoms with van der Waals surface area (Å²) in [6.07, 6.45) is -3.51. The zero-order valence-electron chi connectivity index (χ0n) is 16.1. The molecule has 1 fully saturated rings. The maximum absolute atomic E-state index is 13.4. The third-order valence-corrected chi connectivity index (χ3v) is 5.79. The van der Waals surface area contributed by atoms with Crippen LogP contribution in [0.5, 0.6) is 11.8 Å². The molecule has 2 atom stereocenters. The van der Waals surface area contributed by atoms with E-state index in [1.165, 1.54) is 12.1 Å². The maximum Gasteiger partial charge on any atom is 0.417 e. The van der Waals surface area contributed by atoms with E-state index in [-0.39, 0.29) is 17.4 Å². The molecule has 2 aromatic rings. The van der Waals surface area contributed by atoms with E-state index < -0.39 is 28.5 Å². The molecule has 2 bridgehead atoms. The molecule has 0 radical (unpaired) electrons. The Bertz CT molecular complexity index is 1050. The summed E-state index contributed by atoms with van der Waals surface area (Å²) in [6, 6.07) is 4.59. The molecule has 1 aromatic carbocycles. The highest BCUT2D eigenvalue weighted by atomic mass is 19.4. The third-order valence-electron chi connectivity index (χ3n) is 5.79. The minimum atomic E-state index is -4.75. The number of hydrogen-bond acceptors (Lipinski definition) is 5. The van der Waals surface area contributed by atoms with Crippen molar-refractivity contribution in [2.75, 3.05) is 20.6 Å². The Hall–Kier alpha value is -2.70. The van der Waals surface area contributed by atoms with Gasteiger partial charge in [-0.05, 0) is 52.1 Å². The first kappa shape index (κ1) is 19.6. The highest BCUT2D eigenvalue weighted by Gasteiger charge is 2.61. The Kier molecular flexibility index (Phi) is 3.99. The van der Waals surface area contributed by atoms with Crippen LogP contribution in [0.2, 0.25) is 0 Å². The summed E-state index contributed by atoms with van der Waals surface area (Å²) in [7, 11) is 3.71. The zero-order chi connectivity index (χ0) is 21.4. The first-order valence-electron chi connectivity index (χ1n) is 9.08. The van der Waals surface area contributed by atoms with E-state index in [2.05, 4.69) is 0 Å². The molecule has 0 aliphatic carbocycles. The van der Waals surface area contributed by atoms with Crippen molar-refractivity contribution in [3.8, 4) is 23.5 Å². The van der Waals surface area contributed by atoms with Gasteiger partial charge in [0, 0.05) is 6.54 Å². The van der Waals surface area contributed by atoms with E-state index in [0.29, 0.717) is 30.5 Å². The number of halogens is 3. The van der Waals surface area contributed by atoms with Gasteiger partial charge in [0.25, 0.3) is 0 Å². The quantitative estimate of drug-likeness (QED) is 0.813. The van der Waals surface area contributed by atoms with Gasteiger partial charge < -0.3 is 19.8 Å². The molecular formula is C20H20F3N3O3. The lowest BCUT2D eigenvalue weighted by molar-refractivity contribution is -0.137. The number of hydrogen-bond donors (Lipinski definition) is 2. The summed E-state index contributed by atoms with van der Waals surface area (Å²) in [6.45, 7) is 2.26. The smallest absolute Gasteiger partial charge is 0.417 e. The van der Waals surface area contributed by atoms with Gasteiger partial charge in [0.05, 0.1) is 39.6 Å². The topological polar surface area (TPSA) is 81.7 Å². The normalized spacial score (nSPS) is 25.4. The molecule has 1 aromatic heterocycles. The molecule has 2 aliphatic heterocycles. The van der Waals surface area contributed by atoms with E-state index in [4.69, 9.17) is 10.00 Å². The van der Waals surface area contributed by atoms with Crippen LogP contribution in [0.1, 0.15) is 42.0 Å². The summed E-state index contributed by atoms with van der Waals surface area (Å²) in [4.78, 5) is 1.90. The third kappa shape index (κ3) is 2.63. The van der Waals surface area contributed by atoms with Gasteiger partial charge in [-0.1, -0.05) is 0 Å². The molecule has 29 heavy (non-hydrogen) atoms. The maximum atomic E-state index is 13.4. The number of alkyl halides is 3. The fraction of sp³-hybridized carbons (Fsp3) is 0.450. The van der Waals surface area contributed by atoms with Gasteiger partial charge in [0.1, 0.15) is 5.60 Å². The van der Waals surface area contributed by atoms with Crippen molar-refractivity contribution >= 4 is 0 Å². The van der Waals surface area contributed by atoms with Crippen LogP contribution in [0.4, 0.5) is 13.2 Å². The average molecular weight is 407 g/mol. The number of likely N-dealkylation sites (N-methyl/N-ethyl adjacent to an activating group) is 1. The summed E-state index contributed by atoms with van der Waals surface area (Å²) in [5, 5.41) is 30.9. The van der Waals surface area contributed by atoms with Crippen LogP contribution in [0, 0.1) is 11.3 Å². The molecular weight excluding hydrogens is 387 g/mol. The van der Waals surface area contributed by atoms with Crippen molar-refractivity contribution < 1.29 is 28.1 Å². The van der Waals surface area contributed by atoms with Crippen LogP contribution in [0.3, 0.4) is 0 Å². The van der Waals surface area contributed by atoms with Crippen molar-refractivity contribution in [3.05, 3.63) is 40.5 Å². The number of aromatic nitrogens is 1. The Balaban J connectivity index is 1.95. The number of aromatic hydroxyl groups is 2. The molecule has 2 N–H and O–H groups in total.